The number of piperidine rings is 1. The van der Waals surface area contributed by atoms with E-state index < -0.39 is 12.0 Å². The quantitative estimate of drug-likeness (QED) is 0.623. The van der Waals surface area contributed by atoms with Crippen molar-refractivity contribution in [2.45, 2.75) is 38.1 Å². The van der Waals surface area contributed by atoms with E-state index >= 15 is 0 Å². The molecule has 0 aromatic heterocycles. The Labute approximate surface area is 118 Å². The van der Waals surface area contributed by atoms with Gasteiger partial charge in [0.05, 0.1) is 0 Å². The predicted octanol–water partition coefficient (Wildman–Crippen LogP) is 1.09. The standard InChI is InChI=1S/C13H24N2O3S/c1-19-8-6-11(13(17)18)15-12(16)5-4-10-3-2-7-14-9-10/h10-11,14H,2-9H2,1H3,(H,15,16)(H,17,18). The summed E-state index contributed by atoms with van der Waals surface area (Å²) < 4.78 is 0. The maximum absolute atomic E-state index is 11.8. The minimum absolute atomic E-state index is 0.140. The molecular formula is C13H24N2O3S. The number of hydrogen-bond donors (Lipinski definition) is 3. The molecule has 1 rings (SSSR count). The molecule has 110 valence electrons. The number of rotatable bonds is 8. The zero-order chi connectivity index (χ0) is 14.1. The summed E-state index contributed by atoms with van der Waals surface area (Å²) in [6, 6.07) is -0.746. The highest BCUT2D eigenvalue weighted by Crippen LogP contribution is 2.15. The average molecular weight is 288 g/mol. The van der Waals surface area contributed by atoms with Crippen LogP contribution in [-0.2, 0) is 9.59 Å². The number of carbonyl (C=O) groups excluding carboxylic acids is 1. The number of hydrogen-bond acceptors (Lipinski definition) is 4. The van der Waals surface area contributed by atoms with Crippen LogP contribution in [0.2, 0.25) is 0 Å². The topological polar surface area (TPSA) is 78.4 Å². The van der Waals surface area contributed by atoms with Crippen LogP contribution < -0.4 is 10.6 Å². The van der Waals surface area contributed by atoms with Gasteiger partial charge < -0.3 is 15.7 Å². The molecule has 1 amide bonds. The summed E-state index contributed by atoms with van der Waals surface area (Å²) >= 11 is 1.59. The van der Waals surface area contributed by atoms with E-state index in [1.165, 1.54) is 0 Å². The maximum atomic E-state index is 11.8. The molecule has 1 fully saturated rings. The molecule has 1 saturated heterocycles. The normalized spacial score (nSPS) is 20.8. The van der Waals surface area contributed by atoms with Crippen molar-refractivity contribution in [1.29, 1.82) is 0 Å². The summed E-state index contributed by atoms with van der Waals surface area (Å²) in [6.45, 7) is 2.04. The maximum Gasteiger partial charge on any atom is 0.326 e. The first-order valence-corrected chi connectivity index (χ1v) is 8.24. The summed E-state index contributed by atoms with van der Waals surface area (Å²) in [5.74, 6) is 0.207. The first-order chi connectivity index (χ1) is 9.13. The summed E-state index contributed by atoms with van der Waals surface area (Å²) in [7, 11) is 0. The van der Waals surface area contributed by atoms with Crippen molar-refractivity contribution in [3.05, 3.63) is 0 Å². The fourth-order valence-electron chi connectivity index (χ4n) is 2.27. The Bertz CT molecular complexity index is 294. The summed E-state index contributed by atoms with van der Waals surface area (Å²) in [5.41, 5.74) is 0. The lowest BCUT2D eigenvalue weighted by Crippen LogP contribution is -2.41. The highest BCUT2D eigenvalue weighted by molar-refractivity contribution is 7.98. The Morgan fingerprint density at radius 2 is 2.32 bits per heavy atom. The smallest absolute Gasteiger partial charge is 0.326 e. The van der Waals surface area contributed by atoms with Crippen LogP contribution in [0, 0.1) is 5.92 Å². The van der Waals surface area contributed by atoms with Gasteiger partial charge in [-0.25, -0.2) is 4.79 Å². The van der Waals surface area contributed by atoms with E-state index in [2.05, 4.69) is 10.6 Å². The van der Waals surface area contributed by atoms with E-state index in [4.69, 9.17) is 5.11 Å². The van der Waals surface area contributed by atoms with Gasteiger partial charge in [0, 0.05) is 6.42 Å². The lowest BCUT2D eigenvalue weighted by molar-refractivity contribution is -0.141. The molecule has 0 spiro atoms. The Kier molecular flexibility index (Phi) is 7.90. The van der Waals surface area contributed by atoms with Crippen molar-refractivity contribution in [2.75, 3.05) is 25.1 Å². The number of carboxylic acid groups (broad SMARTS) is 1. The van der Waals surface area contributed by atoms with E-state index in [1.54, 1.807) is 11.8 Å². The van der Waals surface area contributed by atoms with Gasteiger partial charge in [-0.3, -0.25) is 4.79 Å². The number of aliphatic carboxylic acids is 1. The van der Waals surface area contributed by atoms with E-state index in [1.807, 2.05) is 6.26 Å². The van der Waals surface area contributed by atoms with Gasteiger partial charge in [-0.15, -0.1) is 0 Å². The minimum atomic E-state index is -0.943. The summed E-state index contributed by atoms with van der Waals surface area (Å²) in [4.78, 5) is 22.8. The van der Waals surface area contributed by atoms with Crippen LogP contribution >= 0.6 is 11.8 Å². The minimum Gasteiger partial charge on any atom is -0.480 e. The van der Waals surface area contributed by atoms with Crippen molar-refractivity contribution in [3.63, 3.8) is 0 Å². The fraction of sp³-hybridized carbons (Fsp3) is 0.846. The SMILES string of the molecule is CSCCC(NC(=O)CCC1CCCNC1)C(=O)O. The van der Waals surface area contributed by atoms with Gasteiger partial charge >= 0.3 is 5.97 Å². The zero-order valence-electron chi connectivity index (χ0n) is 11.5. The third-order valence-electron chi connectivity index (χ3n) is 3.42. The summed E-state index contributed by atoms with van der Waals surface area (Å²) in [6.07, 6.45) is 6.00. The predicted molar refractivity (Wildman–Crippen MR) is 77.4 cm³/mol. The van der Waals surface area contributed by atoms with E-state index in [-0.39, 0.29) is 5.91 Å². The molecular weight excluding hydrogens is 264 g/mol. The van der Waals surface area contributed by atoms with Gasteiger partial charge in [-0.2, -0.15) is 11.8 Å². The van der Waals surface area contributed by atoms with Gasteiger partial charge in [0.15, 0.2) is 0 Å². The molecule has 3 N–H and O–H groups in total. The highest BCUT2D eigenvalue weighted by Gasteiger charge is 2.20. The largest absolute Gasteiger partial charge is 0.480 e. The van der Waals surface area contributed by atoms with Crippen LogP contribution in [0.3, 0.4) is 0 Å². The summed E-state index contributed by atoms with van der Waals surface area (Å²) in [5, 5.41) is 15.0. The molecule has 6 heteroatoms. The number of carbonyl (C=O) groups is 2. The van der Waals surface area contributed by atoms with Gasteiger partial charge in [-0.1, -0.05) is 0 Å². The monoisotopic (exact) mass is 288 g/mol. The lowest BCUT2D eigenvalue weighted by atomic mass is 9.94. The van der Waals surface area contributed by atoms with Crippen molar-refractivity contribution < 1.29 is 14.7 Å². The number of amides is 1. The van der Waals surface area contributed by atoms with E-state index in [9.17, 15) is 9.59 Å². The zero-order valence-corrected chi connectivity index (χ0v) is 12.3. The Morgan fingerprint density at radius 1 is 1.53 bits per heavy atom. The number of thioether (sulfide) groups is 1. The number of carboxylic acids is 1. The molecule has 1 heterocycles. The third kappa shape index (κ3) is 6.82. The van der Waals surface area contributed by atoms with Gasteiger partial charge in [0.25, 0.3) is 0 Å². The number of nitrogens with one attached hydrogen (secondary N) is 2. The molecule has 0 radical (unpaired) electrons. The van der Waals surface area contributed by atoms with E-state index in [0.717, 1.165) is 38.1 Å². The Balaban J connectivity index is 2.25. The fourth-order valence-corrected chi connectivity index (χ4v) is 2.74. The second-order valence-corrected chi connectivity index (χ2v) is 5.98. The first kappa shape index (κ1) is 16.3. The van der Waals surface area contributed by atoms with Crippen LogP contribution in [0.4, 0.5) is 0 Å². The first-order valence-electron chi connectivity index (χ1n) is 6.85. The molecule has 0 aromatic rings. The molecule has 2 unspecified atom stereocenters. The van der Waals surface area contributed by atoms with E-state index in [0.29, 0.717) is 18.8 Å². The van der Waals surface area contributed by atoms with Crippen LogP contribution in [0.1, 0.15) is 32.1 Å². The van der Waals surface area contributed by atoms with Crippen molar-refractivity contribution in [1.82, 2.24) is 10.6 Å². The van der Waals surface area contributed by atoms with Crippen molar-refractivity contribution in [2.24, 2.45) is 5.92 Å². The molecule has 0 aliphatic carbocycles. The molecule has 0 saturated carbocycles. The molecule has 19 heavy (non-hydrogen) atoms. The molecule has 5 nitrogen and oxygen atoms in total. The lowest BCUT2D eigenvalue weighted by Gasteiger charge is -2.22. The van der Waals surface area contributed by atoms with Crippen molar-refractivity contribution >= 4 is 23.6 Å². The molecule has 0 aromatic carbocycles. The molecule has 1 aliphatic rings. The van der Waals surface area contributed by atoms with Gasteiger partial charge in [-0.05, 0) is 56.7 Å². The van der Waals surface area contributed by atoms with Gasteiger partial charge in [0.2, 0.25) is 5.91 Å². The van der Waals surface area contributed by atoms with Crippen LogP contribution in [0.25, 0.3) is 0 Å². The average Bonchev–Trinajstić information content (AvgIpc) is 2.42. The second kappa shape index (κ2) is 9.20. The molecule has 1 aliphatic heterocycles. The van der Waals surface area contributed by atoms with Crippen LogP contribution in [0.5, 0.6) is 0 Å². The van der Waals surface area contributed by atoms with Crippen LogP contribution in [0.15, 0.2) is 0 Å². The Hall–Kier alpha value is -0.750. The Morgan fingerprint density at radius 3 is 2.89 bits per heavy atom. The van der Waals surface area contributed by atoms with Crippen LogP contribution in [-0.4, -0.2) is 48.1 Å². The third-order valence-corrected chi connectivity index (χ3v) is 4.07. The van der Waals surface area contributed by atoms with Gasteiger partial charge in [0.1, 0.15) is 6.04 Å². The molecule has 0 bridgehead atoms. The highest BCUT2D eigenvalue weighted by atomic mass is 32.2. The molecule has 2 atom stereocenters. The van der Waals surface area contributed by atoms with Crippen molar-refractivity contribution in [3.8, 4) is 0 Å². The second-order valence-electron chi connectivity index (χ2n) is 4.99.